The maximum atomic E-state index is 13.3. The lowest BCUT2D eigenvalue weighted by Crippen LogP contribution is -2.30. The third-order valence-electron chi connectivity index (χ3n) is 6.13. The smallest absolute Gasteiger partial charge is 0.338 e. The summed E-state index contributed by atoms with van der Waals surface area (Å²) in [5.74, 6) is 2.22. The van der Waals surface area contributed by atoms with Crippen LogP contribution in [0.2, 0.25) is 0 Å². The lowest BCUT2D eigenvalue weighted by molar-refractivity contribution is -0.139. The quantitative estimate of drug-likeness (QED) is 0.192. The number of thioether (sulfide) groups is 1. The van der Waals surface area contributed by atoms with E-state index in [1.165, 1.54) is 0 Å². The number of ether oxygens (including phenoxy) is 3. The topological polar surface area (TPSA) is 87.5 Å². The maximum absolute atomic E-state index is 13.3. The number of aromatic nitrogens is 3. The summed E-state index contributed by atoms with van der Waals surface area (Å²) in [6.45, 7) is 8.73. The molecule has 0 spiro atoms. The zero-order valence-electron chi connectivity index (χ0n) is 22.3. The van der Waals surface area contributed by atoms with Crippen LogP contribution in [-0.4, -0.2) is 40.2 Å². The molecule has 1 aromatic heterocycles. The van der Waals surface area contributed by atoms with Crippen molar-refractivity contribution in [3.63, 3.8) is 0 Å². The van der Waals surface area contributed by atoms with E-state index >= 15 is 0 Å². The van der Waals surface area contributed by atoms with Crippen LogP contribution >= 0.6 is 27.7 Å². The molecule has 0 aliphatic carbocycles. The van der Waals surface area contributed by atoms with Gasteiger partial charge in [0.15, 0.2) is 11.5 Å². The van der Waals surface area contributed by atoms with Gasteiger partial charge in [-0.15, -0.1) is 5.10 Å². The monoisotopic (exact) mass is 600 g/mol. The number of esters is 1. The molecule has 1 aliphatic rings. The van der Waals surface area contributed by atoms with E-state index in [4.69, 9.17) is 19.3 Å². The highest BCUT2D eigenvalue weighted by Gasteiger charge is 2.36. The van der Waals surface area contributed by atoms with E-state index in [0.29, 0.717) is 51.6 Å². The first kappa shape index (κ1) is 28.0. The molecule has 0 amide bonds. The number of halogens is 1. The fourth-order valence-electron chi connectivity index (χ4n) is 4.19. The number of nitrogens with one attached hydrogen (secondary N) is 1. The lowest BCUT2D eigenvalue weighted by atomic mass is 9.95. The van der Waals surface area contributed by atoms with Crippen molar-refractivity contribution in [2.75, 3.05) is 24.8 Å². The van der Waals surface area contributed by atoms with Gasteiger partial charge < -0.3 is 19.5 Å². The standard InChI is InChI=1S/C28H33BrN4O4S/c1-6-12-36-26(34)23-18(4)30-27-31-28(38-13-7-2)32-33(27)24(23)20-14-21(29)25(22(15-20)35-5)37-16-19-11-9-8-10-17(19)3/h8-11,14-15,24H,6-7,12-13,16H2,1-5H3,(H,30,31,32). The van der Waals surface area contributed by atoms with Gasteiger partial charge in [-0.1, -0.05) is 49.9 Å². The van der Waals surface area contributed by atoms with Crippen molar-refractivity contribution >= 4 is 39.6 Å². The number of carbonyl (C=O) groups excluding carboxylic acids is 1. The second-order valence-corrected chi connectivity index (χ2v) is 10.9. The van der Waals surface area contributed by atoms with Crippen LogP contribution in [0, 0.1) is 6.92 Å². The van der Waals surface area contributed by atoms with Gasteiger partial charge in [0.05, 0.1) is 23.8 Å². The van der Waals surface area contributed by atoms with E-state index in [1.54, 1.807) is 23.6 Å². The Bertz CT molecular complexity index is 1340. The molecule has 1 atom stereocenters. The number of anilines is 1. The number of aryl methyl sites for hydroxylation is 1. The molecule has 0 radical (unpaired) electrons. The Kier molecular flexibility index (Phi) is 9.38. The van der Waals surface area contributed by atoms with E-state index in [9.17, 15) is 4.79 Å². The average molecular weight is 602 g/mol. The van der Waals surface area contributed by atoms with Crippen LogP contribution in [0.3, 0.4) is 0 Å². The van der Waals surface area contributed by atoms with Crippen molar-refractivity contribution < 1.29 is 19.0 Å². The van der Waals surface area contributed by atoms with E-state index in [0.717, 1.165) is 35.3 Å². The van der Waals surface area contributed by atoms with Crippen LogP contribution in [0.25, 0.3) is 0 Å². The number of hydrogen-bond donors (Lipinski definition) is 1. The molecule has 202 valence electrons. The molecule has 38 heavy (non-hydrogen) atoms. The molecule has 0 fully saturated rings. The molecule has 1 N–H and O–H groups in total. The molecular formula is C28H33BrN4O4S. The molecule has 10 heteroatoms. The molecule has 2 aromatic carbocycles. The Labute approximate surface area is 236 Å². The SMILES string of the molecule is CCCOC(=O)C1=C(C)Nc2nc(SCCC)nn2C1c1cc(Br)c(OCc2ccccc2C)c(OC)c1. The molecule has 8 nitrogen and oxygen atoms in total. The molecule has 4 rings (SSSR count). The van der Waals surface area contributed by atoms with E-state index < -0.39 is 6.04 Å². The molecule has 0 saturated carbocycles. The van der Waals surface area contributed by atoms with Crippen molar-refractivity contribution in [3.8, 4) is 11.5 Å². The second-order valence-electron chi connectivity index (χ2n) is 8.96. The lowest BCUT2D eigenvalue weighted by Gasteiger charge is -2.29. The summed E-state index contributed by atoms with van der Waals surface area (Å²) in [5, 5.41) is 8.67. The first-order chi connectivity index (χ1) is 18.4. The van der Waals surface area contributed by atoms with Gasteiger partial charge in [-0.3, -0.25) is 0 Å². The average Bonchev–Trinajstić information content (AvgIpc) is 3.31. The maximum Gasteiger partial charge on any atom is 0.338 e. The van der Waals surface area contributed by atoms with E-state index in [-0.39, 0.29) is 5.97 Å². The number of carbonyl (C=O) groups is 1. The fraction of sp³-hybridized carbons (Fsp3) is 0.393. The Morgan fingerprint density at radius 1 is 1.18 bits per heavy atom. The van der Waals surface area contributed by atoms with Crippen molar-refractivity contribution in [1.82, 2.24) is 14.8 Å². The van der Waals surface area contributed by atoms with Crippen LogP contribution in [0.15, 0.2) is 57.3 Å². The van der Waals surface area contributed by atoms with Crippen molar-refractivity contribution in [1.29, 1.82) is 0 Å². The van der Waals surface area contributed by atoms with Crippen molar-refractivity contribution in [2.45, 2.75) is 58.3 Å². The summed E-state index contributed by atoms with van der Waals surface area (Å²) >= 11 is 5.27. The third-order valence-corrected chi connectivity index (χ3v) is 7.76. The fourth-order valence-corrected chi connectivity index (χ4v) is 5.45. The number of allylic oxidation sites excluding steroid dienone is 1. The normalized spacial score (nSPS) is 14.6. The minimum atomic E-state index is -0.560. The molecule has 2 heterocycles. The third kappa shape index (κ3) is 6.02. The Morgan fingerprint density at radius 3 is 2.68 bits per heavy atom. The summed E-state index contributed by atoms with van der Waals surface area (Å²) in [4.78, 5) is 18.0. The van der Waals surface area contributed by atoms with Gasteiger partial charge in [-0.05, 0) is 71.4 Å². The number of fused-ring (bicyclic) bond motifs is 1. The molecule has 0 saturated heterocycles. The number of hydrogen-bond acceptors (Lipinski definition) is 8. The largest absolute Gasteiger partial charge is 0.493 e. The first-order valence-electron chi connectivity index (χ1n) is 12.7. The van der Waals surface area contributed by atoms with E-state index in [2.05, 4.69) is 46.1 Å². The van der Waals surface area contributed by atoms with Crippen LogP contribution in [0.5, 0.6) is 11.5 Å². The second kappa shape index (κ2) is 12.7. The van der Waals surface area contributed by atoms with E-state index in [1.807, 2.05) is 44.2 Å². The molecule has 3 aromatic rings. The van der Waals surface area contributed by atoms with Gasteiger partial charge in [-0.2, -0.15) is 4.98 Å². The number of rotatable bonds is 11. The highest BCUT2D eigenvalue weighted by Crippen LogP contribution is 2.43. The minimum absolute atomic E-state index is 0.336. The van der Waals surface area contributed by atoms with Crippen molar-refractivity contribution in [2.24, 2.45) is 0 Å². The summed E-state index contributed by atoms with van der Waals surface area (Å²) in [5.41, 5.74) is 4.19. The molecule has 1 unspecified atom stereocenters. The Morgan fingerprint density at radius 2 is 1.97 bits per heavy atom. The summed E-state index contributed by atoms with van der Waals surface area (Å²) in [7, 11) is 1.60. The Balaban J connectivity index is 1.76. The highest BCUT2D eigenvalue weighted by molar-refractivity contribution is 9.10. The predicted molar refractivity (Wildman–Crippen MR) is 153 cm³/mol. The van der Waals surface area contributed by atoms with Gasteiger partial charge in [-0.25, -0.2) is 9.48 Å². The predicted octanol–water partition coefficient (Wildman–Crippen LogP) is 6.68. The molecule has 1 aliphatic heterocycles. The number of methoxy groups -OCH3 is 1. The van der Waals surface area contributed by atoms with Crippen LogP contribution < -0.4 is 14.8 Å². The Hall–Kier alpha value is -2.98. The zero-order chi connectivity index (χ0) is 27.2. The summed E-state index contributed by atoms with van der Waals surface area (Å²) in [6.07, 6.45) is 1.74. The molecule has 0 bridgehead atoms. The van der Waals surface area contributed by atoms with Crippen LogP contribution in [-0.2, 0) is 16.1 Å². The van der Waals surface area contributed by atoms with Gasteiger partial charge in [0.1, 0.15) is 12.6 Å². The summed E-state index contributed by atoms with van der Waals surface area (Å²) in [6, 6.07) is 11.4. The zero-order valence-corrected chi connectivity index (χ0v) is 24.7. The van der Waals surface area contributed by atoms with Crippen LogP contribution in [0.4, 0.5) is 5.95 Å². The summed E-state index contributed by atoms with van der Waals surface area (Å²) < 4.78 is 20.0. The highest BCUT2D eigenvalue weighted by atomic mass is 79.9. The van der Waals surface area contributed by atoms with Crippen molar-refractivity contribution in [3.05, 3.63) is 68.8 Å². The van der Waals surface area contributed by atoms with Crippen LogP contribution in [0.1, 0.15) is 56.3 Å². The minimum Gasteiger partial charge on any atom is -0.493 e. The number of benzene rings is 2. The van der Waals surface area contributed by atoms with Gasteiger partial charge in [0, 0.05) is 11.4 Å². The van der Waals surface area contributed by atoms with Gasteiger partial charge >= 0.3 is 5.97 Å². The van der Waals surface area contributed by atoms with Gasteiger partial charge in [0.2, 0.25) is 11.1 Å². The first-order valence-corrected chi connectivity index (χ1v) is 14.4. The number of nitrogens with zero attached hydrogens (tertiary/aromatic N) is 3. The van der Waals surface area contributed by atoms with Gasteiger partial charge in [0.25, 0.3) is 0 Å². The molecular weight excluding hydrogens is 568 g/mol.